The molecule has 4 rings (SSSR count). The Labute approximate surface area is 132 Å². The van der Waals surface area contributed by atoms with E-state index >= 15 is 0 Å². The van der Waals surface area contributed by atoms with Crippen LogP contribution in [0.4, 0.5) is 0 Å². The van der Waals surface area contributed by atoms with E-state index in [9.17, 15) is 4.79 Å². The van der Waals surface area contributed by atoms with Gasteiger partial charge in [-0.05, 0) is 23.6 Å². The van der Waals surface area contributed by atoms with Crippen molar-refractivity contribution >= 4 is 38.5 Å². The predicted molar refractivity (Wildman–Crippen MR) is 91.2 cm³/mol. The molecule has 1 N–H and O–H groups in total. The van der Waals surface area contributed by atoms with Crippen molar-refractivity contribution in [3.05, 3.63) is 54.1 Å². The maximum atomic E-state index is 12.2. The lowest BCUT2D eigenvalue weighted by atomic mass is 10.0. The van der Waals surface area contributed by atoms with Gasteiger partial charge in [-0.25, -0.2) is 4.79 Å². The zero-order valence-electron chi connectivity index (χ0n) is 12.8. The van der Waals surface area contributed by atoms with E-state index in [1.807, 2.05) is 36.4 Å². The molecule has 0 atom stereocenters. The summed E-state index contributed by atoms with van der Waals surface area (Å²) in [5.74, 6) is 0.410. The van der Waals surface area contributed by atoms with E-state index in [0.29, 0.717) is 5.56 Å². The highest BCUT2D eigenvalue weighted by Crippen LogP contribution is 2.40. The molecule has 0 radical (unpaired) electrons. The number of hydrogen-bond donors (Lipinski definition) is 1. The van der Waals surface area contributed by atoms with E-state index in [4.69, 9.17) is 9.47 Å². The van der Waals surface area contributed by atoms with Crippen molar-refractivity contribution in [2.75, 3.05) is 14.2 Å². The number of H-pyrrole nitrogens is 1. The number of rotatable bonds is 2. The summed E-state index contributed by atoms with van der Waals surface area (Å²) in [6.07, 6.45) is 0. The lowest BCUT2D eigenvalue weighted by Gasteiger charge is -2.09. The van der Waals surface area contributed by atoms with Crippen molar-refractivity contribution in [1.29, 1.82) is 0 Å². The Morgan fingerprint density at radius 1 is 0.957 bits per heavy atom. The average Bonchev–Trinajstić information content (AvgIpc) is 2.96. The molecule has 0 aliphatic heterocycles. The minimum atomic E-state index is -0.355. The topological polar surface area (TPSA) is 51.3 Å². The number of esters is 1. The van der Waals surface area contributed by atoms with Gasteiger partial charge in [-0.3, -0.25) is 0 Å². The van der Waals surface area contributed by atoms with E-state index in [-0.39, 0.29) is 5.97 Å². The van der Waals surface area contributed by atoms with Crippen LogP contribution < -0.4 is 4.74 Å². The standard InChI is InChI=1S/C19H15NO3/c1-22-18-12-7-4-3-6-11(12)10-15-17(18)16-13(19(21)23-2)8-5-9-14(16)20-15/h3-10,20H,1-2H3. The fourth-order valence-electron chi connectivity index (χ4n) is 3.22. The van der Waals surface area contributed by atoms with Crippen LogP contribution in [0.25, 0.3) is 32.6 Å². The van der Waals surface area contributed by atoms with Gasteiger partial charge in [0.25, 0.3) is 0 Å². The van der Waals surface area contributed by atoms with Crippen LogP contribution in [0, 0.1) is 0 Å². The Balaban J connectivity index is 2.26. The molecule has 0 fully saturated rings. The van der Waals surface area contributed by atoms with Crippen LogP contribution in [-0.4, -0.2) is 25.2 Å². The Morgan fingerprint density at radius 2 is 1.78 bits per heavy atom. The second kappa shape index (κ2) is 5.02. The minimum absolute atomic E-state index is 0.355. The molecule has 4 nitrogen and oxygen atoms in total. The smallest absolute Gasteiger partial charge is 0.338 e. The van der Waals surface area contributed by atoms with Gasteiger partial charge in [0.2, 0.25) is 0 Å². The third-order valence-electron chi connectivity index (χ3n) is 4.19. The summed E-state index contributed by atoms with van der Waals surface area (Å²) >= 11 is 0. The third-order valence-corrected chi connectivity index (χ3v) is 4.19. The normalized spacial score (nSPS) is 11.2. The number of methoxy groups -OCH3 is 2. The van der Waals surface area contributed by atoms with Crippen LogP contribution >= 0.6 is 0 Å². The summed E-state index contributed by atoms with van der Waals surface area (Å²) in [5, 5.41) is 3.84. The summed E-state index contributed by atoms with van der Waals surface area (Å²) in [4.78, 5) is 15.5. The highest BCUT2D eigenvalue weighted by molar-refractivity contribution is 6.22. The second-order valence-corrected chi connectivity index (χ2v) is 5.40. The fourth-order valence-corrected chi connectivity index (χ4v) is 3.22. The van der Waals surface area contributed by atoms with Crippen LogP contribution in [0.2, 0.25) is 0 Å². The molecular formula is C19H15NO3. The van der Waals surface area contributed by atoms with Crippen molar-refractivity contribution in [3.63, 3.8) is 0 Å². The Morgan fingerprint density at radius 3 is 2.57 bits per heavy atom. The van der Waals surface area contributed by atoms with Crippen molar-refractivity contribution in [2.45, 2.75) is 0 Å². The molecule has 0 aliphatic carbocycles. The van der Waals surface area contributed by atoms with Crippen LogP contribution in [0.3, 0.4) is 0 Å². The monoisotopic (exact) mass is 305 g/mol. The van der Waals surface area contributed by atoms with Gasteiger partial charge in [-0.15, -0.1) is 0 Å². The van der Waals surface area contributed by atoms with Gasteiger partial charge >= 0.3 is 5.97 Å². The Hall–Kier alpha value is -3.01. The number of nitrogens with one attached hydrogen (secondary N) is 1. The van der Waals surface area contributed by atoms with Crippen LogP contribution in [0.15, 0.2) is 48.5 Å². The molecule has 114 valence electrons. The molecule has 0 bridgehead atoms. The molecule has 1 aromatic heterocycles. The molecule has 0 saturated heterocycles. The van der Waals surface area contributed by atoms with Gasteiger partial charge in [-0.2, -0.15) is 0 Å². The zero-order valence-corrected chi connectivity index (χ0v) is 12.8. The maximum Gasteiger partial charge on any atom is 0.338 e. The minimum Gasteiger partial charge on any atom is -0.495 e. The summed E-state index contributed by atoms with van der Waals surface area (Å²) in [5.41, 5.74) is 2.35. The van der Waals surface area contributed by atoms with Gasteiger partial charge in [-0.1, -0.05) is 30.3 Å². The van der Waals surface area contributed by atoms with Gasteiger partial charge in [0.1, 0.15) is 5.75 Å². The van der Waals surface area contributed by atoms with Crippen molar-refractivity contribution in [2.24, 2.45) is 0 Å². The molecule has 1 heterocycles. The van der Waals surface area contributed by atoms with E-state index in [1.165, 1.54) is 7.11 Å². The number of benzene rings is 3. The number of hydrogen-bond acceptors (Lipinski definition) is 3. The number of carbonyl (C=O) groups excluding carboxylic acids is 1. The lowest BCUT2D eigenvalue weighted by Crippen LogP contribution is -2.01. The second-order valence-electron chi connectivity index (χ2n) is 5.40. The number of aromatic nitrogens is 1. The summed E-state index contributed by atoms with van der Waals surface area (Å²) in [6.45, 7) is 0. The number of carbonyl (C=O) groups is 1. The molecule has 0 amide bonds. The summed E-state index contributed by atoms with van der Waals surface area (Å²) in [7, 11) is 3.05. The molecule has 23 heavy (non-hydrogen) atoms. The number of aromatic amines is 1. The van der Waals surface area contributed by atoms with E-state index in [0.717, 1.165) is 38.3 Å². The average molecular weight is 305 g/mol. The first-order valence-corrected chi connectivity index (χ1v) is 7.33. The van der Waals surface area contributed by atoms with Crippen molar-refractivity contribution < 1.29 is 14.3 Å². The highest BCUT2D eigenvalue weighted by Gasteiger charge is 2.19. The van der Waals surface area contributed by atoms with Gasteiger partial charge < -0.3 is 14.5 Å². The van der Waals surface area contributed by atoms with Crippen LogP contribution in [-0.2, 0) is 4.74 Å². The quantitative estimate of drug-likeness (QED) is 0.563. The Bertz CT molecular complexity index is 1060. The molecule has 4 heteroatoms. The lowest BCUT2D eigenvalue weighted by molar-refractivity contribution is 0.0603. The first-order valence-electron chi connectivity index (χ1n) is 7.33. The van der Waals surface area contributed by atoms with Crippen molar-refractivity contribution in [1.82, 2.24) is 4.98 Å². The van der Waals surface area contributed by atoms with Gasteiger partial charge in [0.05, 0.1) is 30.7 Å². The summed E-state index contributed by atoms with van der Waals surface area (Å²) in [6, 6.07) is 15.7. The number of fused-ring (bicyclic) bond motifs is 4. The zero-order chi connectivity index (χ0) is 16.0. The predicted octanol–water partition coefficient (Wildman–Crippen LogP) is 4.27. The highest BCUT2D eigenvalue weighted by atomic mass is 16.5. The van der Waals surface area contributed by atoms with E-state index in [1.54, 1.807) is 13.2 Å². The van der Waals surface area contributed by atoms with E-state index < -0.39 is 0 Å². The summed E-state index contributed by atoms with van der Waals surface area (Å²) < 4.78 is 10.6. The first kappa shape index (κ1) is 13.6. The third kappa shape index (κ3) is 1.88. The molecule has 4 aromatic rings. The molecule has 0 saturated carbocycles. The molecule has 0 spiro atoms. The van der Waals surface area contributed by atoms with Gasteiger partial charge in [0.15, 0.2) is 0 Å². The SMILES string of the molecule is COC(=O)c1cccc2[nH]c3cc4ccccc4c(OC)c3c12. The number of ether oxygens (including phenoxy) is 2. The van der Waals surface area contributed by atoms with Gasteiger partial charge in [0, 0.05) is 16.3 Å². The molecule has 0 aliphatic rings. The van der Waals surface area contributed by atoms with Crippen LogP contribution in [0.1, 0.15) is 10.4 Å². The fraction of sp³-hybridized carbons (Fsp3) is 0.105. The molecule has 0 unspecified atom stereocenters. The molecule has 3 aromatic carbocycles. The molecular weight excluding hydrogens is 290 g/mol. The largest absolute Gasteiger partial charge is 0.495 e. The van der Waals surface area contributed by atoms with Crippen molar-refractivity contribution in [3.8, 4) is 5.75 Å². The van der Waals surface area contributed by atoms with Crippen LogP contribution in [0.5, 0.6) is 5.75 Å². The maximum absolute atomic E-state index is 12.2. The Kier molecular flexibility index (Phi) is 2.98. The van der Waals surface area contributed by atoms with E-state index in [2.05, 4.69) is 11.1 Å². The first-order chi connectivity index (χ1) is 11.2.